The van der Waals surface area contributed by atoms with Crippen molar-refractivity contribution in [3.63, 3.8) is 0 Å². The van der Waals surface area contributed by atoms with Crippen molar-refractivity contribution in [1.29, 1.82) is 0 Å². The van der Waals surface area contributed by atoms with Gasteiger partial charge in [0.1, 0.15) is 11.0 Å². The Bertz CT molecular complexity index is 2620. The third-order valence-electron chi connectivity index (χ3n) is 9.69. The Morgan fingerprint density at radius 3 is 1.11 bits per heavy atom. The van der Waals surface area contributed by atoms with Crippen molar-refractivity contribution in [1.82, 2.24) is 19.9 Å². The van der Waals surface area contributed by atoms with Gasteiger partial charge in [-0.1, -0.05) is 48.5 Å². The molecule has 8 nitrogen and oxygen atoms in total. The highest BCUT2D eigenvalue weighted by molar-refractivity contribution is 5.87. The van der Waals surface area contributed by atoms with Crippen LogP contribution in [-0.2, 0) is 0 Å². The van der Waals surface area contributed by atoms with Gasteiger partial charge in [-0.15, -0.1) is 0 Å². The Hall–Kier alpha value is -7.84. The van der Waals surface area contributed by atoms with Gasteiger partial charge in [0.15, 0.2) is 11.2 Å². The Balaban J connectivity index is 0.905. The van der Waals surface area contributed by atoms with E-state index in [0.29, 0.717) is 11.8 Å². The molecule has 266 valence electrons. The van der Waals surface area contributed by atoms with Gasteiger partial charge >= 0.3 is 0 Å². The van der Waals surface area contributed by atoms with Crippen molar-refractivity contribution in [2.45, 2.75) is 0 Å². The number of nitrogens with zero attached hydrogens (tertiary/aromatic N) is 6. The average molecular weight is 725 g/mol. The molecule has 0 fully saturated rings. The fraction of sp³-hybridized carbons (Fsp3) is 0. The fourth-order valence-electron chi connectivity index (χ4n) is 6.99. The normalized spacial score (nSPS) is 11.2. The van der Waals surface area contributed by atoms with E-state index >= 15 is 0 Å². The van der Waals surface area contributed by atoms with Gasteiger partial charge < -0.3 is 18.6 Å². The number of para-hydroxylation sites is 2. The zero-order valence-corrected chi connectivity index (χ0v) is 30.0. The first-order chi connectivity index (χ1) is 27.7. The highest BCUT2D eigenvalue weighted by Crippen LogP contribution is 2.38. The van der Waals surface area contributed by atoms with E-state index in [-0.39, 0.29) is 0 Å². The number of hydrogen-bond donors (Lipinski definition) is 0. The summed E-state index contributed by atoms with van der Waals surface area (Å²) in [6, 6.07) is 57.1. The molecule has 0 unspecified atom stereocenters. The van der Waals surface area contributed by atoms with Crippen LogP contribution in [0, 0.1) is 0 Å². The molecule has 0 spiro atoms. The molecule has 0 aliphatic rings. The standard InChI is InChI=1S/C48H32N6O2/c1-3-9-37(10-4-1)53(41-13-7-27-49-31-41)39-21-15-33(16-22-39)47-51-43-29-35(19-25-45(43)55-47)36-20-26-46-44(30-36)52-48(56-46)34-17-23-40(24-18-34)54(38-11-5-2-6-12-38)42-14-8-28-50-32-42/h1-32H. The Morgan fingerprint density at radius 2 is 0.714 bits per heavy atom. The van der Waals surface area contributed by atoms with Crippen molar-refractivity contribution < 1.29 is 8.83 Å². The molecule has 0 saturated carbocycles. The summed E-state index contributed by atoms with van der Waals surface area (Å²) in [4.78, 5) is 22.8. The van der Waals surface area contributed by atoms with Crippen molar-refractivity contribution in [3.8, 4) is 34.0 Å². The lowest BCUT2D eigenvalue weighted by Gasteiger charge is -2.25. The second-order valence-electron chi connectivity index (χ2n) is 13.3. The molecule has 0 N–H and O–H groups in total. The summed E-state index contributed by atoms with van der Waals surface area (Å²) in [5.74, 6) is 1.12. The summed E-state index contributed by atoms with van der Waals surface area (Å²) in [5, 5.41) is 0. The molecule has 6 aromatic carbocycles. The van der Waals surface area contributed by atoms with Gasteiger partial charge in [0.25, 0.3) is 0 Å². The van der Waals surface area contributed by atoms with E-state index in [1.54, 1.807) is 12.4 Å². The van der Waals surface area contributed by atoms with Gasteiger partial charge in [-0.25, -0.2) is 9.97 Å². The molecule has 0 amide bonds. The minimum absolute atomic E-state index is 0.561. The van der Waals surface area contributed by atoms with Crippen LogP contribution in [0.25, 0.3) is 56.2 Å². The second-order valence-corrected chi connectivity index (χ2v) is 13.3. The minimum Gasteiger partial charge on any atom is -0.436 e. The smallest absolute Gasteiger partial charge is 0.227 e. The van der Waals surface area contributed by atoms with E-state index < -0.39 is 0 Å². The maximum absolute atomic E-state index is 6.24. The molecule has 0 radical (unpaired) electrons. The number of rotatable bonds is 9. The van der Waals surface area contributed by atoms with E-state index in [1.165, 1.54) is 0 Å². The van der Waals surface area contributed by atoms with E-state index in [0.717, 1.165) is 78.6 Å². The summed E-state index contributed by atoms with van der Waals surface area (Å²) < 4.78 is 12.5. The van der Waals surface area contributed by atoms with Gasteiger partial charge in [-0.3, -0.25) is 9.97 Å². The lowest BCUT2D eigenvalue weighted by molar-refractivity contribution is 0.619. The zero-order chi connectivity index (χ0) is 37.3. The number of pyridine rings is 2. The van der Waals surface area contributed by atoms with Crippen LogP contribution >= 0.6 is 0 Å². The van der Waals surface area contributed by atoms with E-state index in [9.17, 15) is 0 Å². The van der Waals surface area contributed by atoms with Gasteiger partial charge in [0, 0.05) is 46.3 Å². The van der Waals surface area contributed by atoms with Gasteiger partial charge in [-0.2, -0.15) is 0 Å². The number of benzene rings is 6. The lowest BCUT2D eigenvalue weighted by atomic mass is 10.0. The third-order valence-corrected chi connectivity index (χ3v) is 9.69. The predicted octanol–water partition coefficient (Wildman–Crippen LogP) is 12.7. The first-order valence-corrected chi connectivity index (χ1v) is 18.3. The second kappa shape index (κ2) is 14.2. The summed E-state index contributed by atoms with van der Waals surface area (Å²) in [5.41, 5.74) is 12.8. The van der Waals surface area contributed by atoms with Gasteiger partial charge in [0.05, 0.1) is 23.8 Å². The molecule has 4 heterocycles. The highest BCUT2D eigenvalue weighted by Gasteiger charge is 2.17. The zero-order valence-electron chi connectivity index (χ0n) is 30.0. The summed E-state index contributed by atoms with van der Waals surface area (Å²) in [7, 11) is 0. The van der Waals surface area contributed by atoms with Crippen LogP contribution in [0.15, 0.2) is 203 Å². The van der Waals surface area contributed by atoms with Crippen molar-refractivity contribution in [3.05, 3.63) is 195 Å². The SMILES string of the molecule is c1ccc(N(c2ccc(-c3nc4cc(-c5ccc6oc(-c7ccc(N(c8ccccc8)c8cccnc8)cc7)nc6c5)ccc4o3)cc2)c2cccnc2)cc1. The van der Waals surface area contributed by atoms with Gasteiger partial charge in [0.2, 0.25) is 11.8 Å². The van der Waals surface area contributed by atoms with Crippen LogP contribution in [-0.4, -0.2) is 19.9 Å². The van der Waals surface area contributed by atoms with Gasteiger partial charge in [-0.05, 0) is 132 Å². The van der Waals surface area contributed by atoms with E-state index in [4.69, 9.17) is 18.8 Å². The number of anilines is 6. The van der Waals surface area contributed by atoms with Crippen LogP contribution in [0.1, 0.15) is 0 Å². The first-order valence-electron chi connectivity index (χ1n) is 18.3. The molecule has 56 heavy (non-hydrogen) atoms. The number of hydrogen-bond acceptors (Lipinski definition) is 8. The molecule has 0 bridgehead atoms. The third kappa shape index (κ3) is 6.31. The molecule has 10 rings (SSSR count). The summed E-state index contributed by atoms with van der Waals surface area (Å²) in [6.45, 7) is 0. The van der Waals surface area contributed by atoms with Crippen molar-refractivity contribution in [2.24, 2.45) is 0 Å². The molecule has 0 aliphatic heterocycles. The van der Waals surface area contributed by atoms with Crippen LogP contribution < -0.4 is 9.80 Å². The first kappa shape index (κ1) is 32.8. The molecular formula is C48H32N6O2. The molecule has 0 atom stereocenters. The summed E-state index contributed by atoms with van der Waals surface area (Å²) >= 11 is 0. The van der Waals surface area contributed by atoms with Crippen LogP contribution in [0.5, 0.6) is 0 Å². The Labute approximate surface area is 322 Å². The average Bonchev–Trinajstić information content (AvgIpc) is 3.90. The molecule has 0 saturated heterocycles. The maximum atomic E-state index is 6.24. The molecule has 0 aliphatic carbocycles. The molecule has 10 aromatic rings. The van der Waals surface area contributed by atoms with Crippen LogP contribution in [0.3, 0.4) is 0 Å². The topological polar surface area (TPSA) is 84.3 Å². The Kier molecular flexibility index (Phi) is 8.31. The van der Waals surface area contributed by atoms with Crippen LogP contribution in [0.4, 0.5) is 34.1 Å². The van der Waals surface area contributed by atoms with E-state index in [2.05, 4.69) is 92.6 Å². The quantitative estimate of drug-likeness (QED) is 0.145. The Morgan fingerprint density at radius 1 is 0.339 bits per heavy atom. The number of oxazole rings is 2. The maximum Gasteiger partial charge on any atom is 0.227 e. The molecule has 4 aromatic heterocycles. The van der Waals surface area contributed by atoms with Crippen LogP contribution in [0.2, 0.25) is 0 Å². The molecular weight excluding hydrogens is 693 g/mol. The summed E-state index contributed by atoms with van der Waals surface area (Å²) in [6.07, 6.45) is 7.29. The predicted molar refractivity (Wildman–Crippen MR) is 223 cm³/mol. The number of fused-ring (bicyclic) bond motifs is 2. The number of aromatic nitrogens is 4. The molecule has 8 heteroatoms. The monoisotopic (exact) mass is 724 g/mol. The van der Waals surface area contributed by atoms with Crippen molar-refractivity contribution >= 4 is 56.3 Å². The van der Waals surface area contributed by atoms with E-state index in [1.807, 2.05) is 109 Å². The highest BCUT2D eigenvalue weighted by atomic mass is 16.4. The fourth-order valence-corrected chi connectivity index (χ4v) is 6.99. The van der Waals surface area contributed by atoms with Crippen molar-refractivity contribution in [2.75, 3.05) is 9.80 Å². The largest absolute Gasteiger partial charge is 0.436 e. The minimum atomic E-state index is 0.561. The lowest BCUT2D eigenvalue weighted by Crippen LogP contribution is -2.09.